The molecule has 1 aromatic carbocycles. The zero-order chi connectivity index (χ0) is 12.7. The van der Waals surface area contributed by atoms with Crippen LogP contribution in [0.1, 0.15) is 19.4 Å². The van der Waals surface area contributed by atoms with Crippen molar-refractivity contribution in [2.24, 2.45) is 0 Å². The summed E-state index contributed by atoms with van der Waals surface area (Å²) in [6.45, 7) is 5.44. The number of amides is 2. The van der Waals surface area contributed by atoms with Crippen LogP contribution in [-0.4, -0.2) is 19.1 Å². The molecule has 94 valence electrons. The third-order valence-electron chi connectivity index (χ3n) is 2.22. The number of rotatable bonds is 5. The number of nitrogens with one attached hydrogen (secondary N) is 3. The van der Waals surface area contributed by atoms with Crippen molar-refractivity contribution in [3.63, 3.8) is 0 Å². The quantitative estimate of drug-likeness (QED) is 0.736. The van der Waals surface area contributed by atoms with Crippen LogP contribution in [0.3, 0.4) is 0 Å². The summed E-state index contributed by atoms with van der Waals surface area (Å²) >= 11 is 0. The number of benzene rings is 1. The Morgan fingerprint density at radius 2 is 2.00 bits per heavy atom. The van der Waals surface area contributed by atoms with Gasteiger partial charge in [-0.3, -0.25) is 0 Å². The van der Waals surface area contributed by atoms with Gasteiger partial charge in [-0.2, -0.15) is 0 Å². The third kappa shape index (κ3) is 4.30. The van der Waals surface area contributed by atoms with Crippen molar-refractivity contribution in [3.05, 3.63) is 29.6 Å². The summed E-state index contributed by atoms with van der Waals surface area (Å²) in [5.41, 5.74) is 1.57. The molecule has 0 aliphatic rings. The molecular formula is C12H18FN3O. The number of halogens is 1. The Morgan fingerprint density at radius 1 is 1.24 bits per heavy atom. The van der Waals surface area contributed by atoms with Crippen LogP contribution in [-0.2, 0) is 6.54 Å². The molecule has 0 radical (unpaired) electrons. The lowest BCUT2D eigenvalue weighted by Crippen LogP contribution is -2.34. The SMILES string of the molecule is CCNC(=O)NCc1ccc(F)cc1NCC. The Kier molecular flexibility index (Phi) is 5.26. The van der Waals surface area contributed by atoms with Crippen molar-refractivity contribution in [1.82, 2.24) is 10.6 Å². The molecular weight excluding hydrogens is 221 g/mol. The van der Waals surface area contributed by atoms with E-state index in [0.29, 0.717) is 25.3 Å². The minimum atomic E-state index is -0.289. The van der Waals surface area contributed by atoms with Crippen LogP contribution in [0.4, 0.5) is 14.9 Å². The molecule has 0 bridgehead atoms. The molecule has 0 aliphatic heterocycles. The Hall–Kier alpha value is -1.78. The van der Waals surface area contributed by atoms with Crippen molar-refractivity contribution in [3.8, 4) is 0 Å². The largest absolute Gasteiger partial charge is 0.385 e. The minimum absolute atomic E-state index is 0.223. The third-order valence-corrected chi connectivity index (χ3v) is 2.22. The maximum absolute atomic E-state index is 13.1. The van der Waals surface area contributed by atoms with Gasteiger partial charge in [0.25, 0.3) is 0 Å². The van der Waals surface area contributed by atoms with Crippen molar-refractivity contribution in [1.29, 1.82) is 0 Å². The van der Waals surface area contributed by atoms with E-state index in [4.69, 9.17) is 0 Å². The Morgan fingerprint density at radius 3 is 2.65 bits per heavy atom. The first kappa shape index (κ1) is 13.3. The lowest BCUT2D eigenvalue weighted by Gasteiger charge is -2.12. The first-order valence-electron chi connectivity index (χ1n) is 5.71. The van der Waals surface area contributed by atoms with E-state index in [9.17, 15) is 9.18 Å². The molecule has 0 spiro atoms. The maximum Gasteiger partial charge on any atom is 0.315 e. The average Bonchev–Trinajstić information content (AvgIpc) is 2.29. The second kappa shape index (κ2) is 6.73. The number of hydrogen-bond donors (Lipinski definition) is 3. The summed E-state index contributed by atoms with van der Waals surface area (Å²) in [6, 6.07) is 4.26. The fourth-order valence-electron chi connectivity index (χ4n) is 1.46. The van der Waals surface area contributed by atoms with E-state index in [1.165, 1.54) is 12.1 Å². The van der Waals surface area contributed by atoms with Gasteiger partial charge in [0.1, 0.15) is 5.82 Å². The fraction of sp³-hybridized carbons (Fsp3) is 0.417. The second-order valence-electron chi connectivity index (χ2n) is 3.54. The summed E-state index contributed by atoms with van der Waals surface area (Å²) < 4.78 is 13.1. The predicted molar refractivity (Wildman–Crippen MR) is 66.5 cm³/mol. The minimum Gasteiger partial charge on any atom is -0.385 e. The van der Waals surface area contributed by atoms with E-state index in [0.717, 1.165) is 5.56 Å². The molecule has 0 aromatic heterocycles. The van der Waals surface area contributed by atoms with E-state index in [1.807, 2.05) is 13.8 Å². The summed E-state index contributed by atoms with van der Waals surface area (Å²) in [7, 11) is 0. The summed E-state index contributed by atoms with van der Waals surface area (Å²) in [4.78, 5) is 11.2. The topological polar surface area (TPSA) is 53.2 Å². The van der Waals surface area contributed by atoms with Gasteiger partial charge < -0.3 is 16.0 Å². The monoisotopic (exact) mass is 239 g/mol. The van der Waals surface area contributed by atoms with E-state index in [1.54, 1.807) is 6.07 Å². The van der Waals surface area contributed by atoms with Gasteiger partial charge in [0, 0.05) is 25.3 Å². The fourth-order valence-corrected chi connectivity index (χ4v) is 1.46. The van der Waals surface area contributed by atoms with E-state index in [2.05, 4.69) is 16.0 Å². The lowest BCUT2D eigenvalue weighted by atomic mass is 10.1. The molecule has 1 rings (SSSR count). The number of urea groups is 1. The van der Waals surface area contributed by atoms with Crippen molar-refractivity contribution in [2.45, 2.75) is 20.4 Å². The van der Waals surface area contributed by atoms with Crippen LogP contribution in [0.15, 0.2) is 18.2 Å². The molecule has 3 N–H and O–H groups in total. The highest BCUT2D eigenvalue weighted by molar-refractivity contribution is 5.74. The molecule has 0 saturated heterocycles. The molecule has 5 heteroatoms. The Bertz CT molecular complexity index is 382. The highest BCUT2D eigenvalue weighted by Gasteiger charge is 2.05. The number of anilines is 1. The Balaban J connectivity index is 2.66. The zero-order valence-electron chi connectivity index (χ0n) is 10.1. The lowest BCUT2D eigenvalue weighted by molar-refractivity contribution is 0.241. The normalized spacial score (nSPS) is 9.82. The molecule has 2 amide bonds. The van der Waals surface area contributed by atoms with Crippen LogP contribution >= 0.6 is 0 Å². The molecule has 0 heterocycles. The van der Waals surface area contributed by atoms with Gasteiger partial charge in [-0.15, -0.1) is 0 Å². The summed E-state index contributed by atoms with van der Waals surface area (Å²) in [5, 5.41) is 8.40. The number of carbonyl (C=O) groups is 1. The average molecular weight is 239 g/mol. The van der Waals surface area contributed by atoms with Crippen LogP contribution in [0.2, 0.25) is 0 Å². The summed E-state index contributed by atoms with van der Waals surface area (Å²) in [6.07, 6.45) is 0. The predicted octanol–water partition coefficient (Wildman–Crippen LogP) is 2.08. The van der Waals surface area contributed by atoms with Gasteiger partial charge in [-0.1, -0.05) is 6.07 Å². The van der Waals surface area contributed by atoms with E-state index in [-0.39, 0.29) is 11.8 Å². The standard InChI is InChI=1S/C12H18FN3O/c1-3-14-11-7-10(13)6-5-9(11)8-16-12(17)15-4-2/h5-7,14H,3-4,8H2,1-2H3,(H2,15,16,17). The second-order valence-corrected chi connectivity index (χ2v) is 3.54. The smallest absolute Gasteiger partial charge is 0.315 e. The van der Waals surface area contributed by atoms with Crippen LogP contribution in [0, 0.1) is 5.82 Å². The van der Waals surface area contributed by atoms with E-state index >= 15 is 0 Å². The van der Waals surface area contributed by atoms with Gasteiger partial charge in [0.05, 0.1) is 0 Å². The first-order chi connectivity index (χ1) is 8.17. The van der Waals surface area contributed by atoms with Gasteiger partial charge in [-0.25, -0.2) is 9.18 Å². The molecule has 4 nitrogen and oxygen atoms in total. The van der Waals surface area contributed by atoms with Crippen molar-refractivity contribution >= 4 is 11.7 Å². The molecule has 0 fully saturated rings. The van der Waals surface area contributed by atoms with Crippen LogP contribution in [0.5, 0.6) is 0 Å². The molecule has 0 unspecified atom stereocenters. The maximum atomic E-state index is 13.1. The molecule has 1 aromatic rings. The number of hydrogen-bond acceptors (Lipinski definition) is 2. The Labute approximate surface area is 101 Å². The zero-order valence-corrected chi connectivity index (χ0v) is 10.1. The van der Waals surface area contributed by atoms with Crippen molar-refractivity contribution < 1.29 is 9.18 Å². The molecule has 0 atom stereocenters. The molecule has 0 aliphatic carbocycles. The molecule has 0 saturated carbocycles. The van der Waals surface area contributed by atoms with Crippen molar-refractivity contribution in [2.75, 3.05) is 18.4 Å². The van der Waals surface area contributed by atoms with E-state index < -0.39 is 0 Å². The highest BCUT2D eigenvalue weighted by Crippen LogP contribution is 2.16. The first-order valence-corrected chi connectivity index (χ1v) is 5.71. The van der Waals surface area contributed by atoms with Gasteiger partial charge in [-0.05, 0) is 31.5 Å². The van der Waals surface area contributed by atoms with Gasteiger partial charge in [0.2, 0.25) is 0 Å². The van der Waals surface area contributed by atoms with Gasteiger partial charge >= 0.3 is 6.03 Å². The summed E-state index contributed by atoms with van der Waals surface area (Å²) in [5.74, 6) is -0.289. The van der Waals surface area contributed by atoms with Crippen LogP contribution < -0.4 is 16.0 Å². The number of carbonyl (C=O) groups excluding carboxylic acids is 1. The highest BCUT2D eigenvalue weighted by atomic mass is 19.1. The van der Waals surface area contributed by atoms with Gasteiger partial charge in [0.15, 0.2) is 0 Å². The van der Waals surface area contributed by atoms with Crippen LogP contribution in [0.25, 0.3) is 0 Å². The molecule has 17 heavy (non-hydrogen) atoms.